The molecule has 6 heteroatoms. The Morgan fingerprint density at radius 3 is 2.39 bits per heavy atom. The molecule has 4 rings (SSSR count). The topological polar surface area (TPSA) is 62.7 Å². The van der Waals surface area contributed by atoms with Gasteiger partial charge in [0.2, 0.25) is 11.8 Å². The Balaban J connectivity index is 1.36. The quantitative estimate of drug-likeness (QED) is 0.782. The fourth-order valence-corrected chi connectivity index (χ4v) is 5.07. The number of methoxy groups -OCH3 is 1. The molecular formula is C22H31N3O3. The van der Waals surface area contributed by atoms with Gasteiger partial charge in [-0.05, 0) is 62.6 Å². The van der Waals surface area contributed by atoms with Crippen LogP contribution < -0.4 is 0 Å². The molecule has 1 saturated carbocycles. The van der Waals surface area contributed by atoms with Gasteiger partial charge in [0.1, 0.15) is 0 Å². The summed E-state index contributed by atoms with van der Waals surface area (Å²) in [6.07, 6.45) is 10.7. The first kappa shape index (κ1) is 19.4. The maximum Gasteiger partial charge on any atom is 0.229 e. The summed E-state index contributed by atoms with van der Waals surface area (Å²) in [7, 11) is 1.72. The lowest BCUT2D eigenvalue weighted by Crippen LogP contribution is -2.55. The van der Waals surface area contributed by atoms with E-state index in [2.05, 4.69) is 4.98 Å². The van der Waals surface area contributed by atoms with Crippen molar-refractivity contribution in [3.8, 4) is 0 Å². The van der Waals surface area contributed by atoms with E-state index in [1.807, 2.05) is 21.9 Å². The predicted octanol–water partition coefficient (Wildman–Crippen LogP) is 2.77. The van der Waals surface area contributed by atoms with Crippen LogP contribution in [-0.2, 0) is 20.9 Å². The van der Waals surface area contributed by atoms with Crippen molar-refractivity contribution in [1.82, 2.24) is 14.8 Å². The van der Waals surface area contributed by atoms with Gasteiger partial charge < -0.3 is 14.5 Å². The van der Waals surface area contributed by atoms with Crippen molar-refractivity contribution in [3.05, 3.63) is 30.1 Å². The highest BCUT2D eigenvalue weighted by Gasteiger charge is 2.47. The molecule has 1 aromatic heterocycles. The van der Waals surface area contributed by atoms with Crippen LogP contribution in [0.1, 0.15) is 56.9 Å². The Morgan fingerprint density at radius 2 is 1.79 bits per heavy atom. The Labute approximate surface area is 167 Å². The van der Waals surface area contributed by atoms with E-state index in [1.165, 1.54) is 0 Å². The molecule has 0 unspecified atom stereocenters. The highest BCUT2D eigenvalue weighted by molar-refractivity contribution is 5.84. The van der Waals surface area contributed by atoms with Crippen LogP contribution in [0.25, 0.3) is 0 Å². The molecule has 3 heterocycles. The van der Waals surface area contributed by atoms with Gasteiger partial charge >= 0.3 is 0 Å². The number of hydrogen-bond acceptors (Lipinski definition) is 4. The molecule has 2 saturated heterocycles. The minimum atomic E-state index is -0.280. The Morgan fingerprint density at radius 1 is 1.07 bits per heavy atom. The number of nitrogens with zero attached hydrogens (tertiary/aromatic N) is 3. The van der Waals surface area contributed by atoms with Crippen LogP contribution in [0, 0.1) is 5.41 Å². The van der Waals surface area contributed by atoms with Gasteiger partial charge in [0.15, 0.2) is 0 Å². The molecule has 0 aromatic carbocycles. The van der Waals surface area contributed by atoms with Crippen LogP contribution in [-0.4, -0.2) is 58.9 Å². The van der Waals surface area contributed by atoms with Gasteiger partial charge in [-0.25, -0.2) is 0 Å². The van der Waals surface area contributed by atoms with E-state index in [0.717, 1.165) is 57.1 Å². The van der Waals surface area contributed by atoms with Crippen molar-refractivity contribution >= 4 is 11.8 Å². The average molecular weight is 386 g/mol. The fourth-order valence-electron chi connectivity index (χ4n) is 5.07. The van der Waals surface area contributed by atoms with Gasteiger partial charge in [-0.1, -0.05) is 0 Å². The average Bonchev–Trinajstić information content (AvgIpc) is 2.70. The maximum atomic E-state index is 13.3. The molecule has 152 valence electrons. The third-order valence-electron chi connectivity index (χ3n) is 7.19. The number of hydrogen-bond donors (Lipinski definition) is 0. The number of amides is 2. The molecule has 0 bridgehead atoms. The van der Waals surface area contributed by atoms with Gasteiger partial charge in [0.25, 0.3) is 0 Å². The second-order valence-corrected chi connectivity index (χ2v) is 8.76. The van der Waals surface area contributed by atoms with Crippen molar-refractivity contribution < 1.29 is 14.3 Å². The van der Waals surface area contributed by atoms with E-state index in [9.17, 15) is 9.59 Å². The normalized spacial score (nSPS) is 23.5. The Hall–Kier alpha value is -1.95. The van der Waals surface area contributed by atoms with Crippen molar-refractivity contribution in [1.29, 1.82) is 0 Å². The molecule has 1 aliphatic carbocycles. The molecule has 3 fully saturated rings. The van der Waals surface area contributed by atoms with Gasteiger partial charge in [0.05, 0.1) is 17.4 Å². The predicted molar refractivity (Wildman–Crippen MR) is 105 cm³/mol. The smallest absolute Gasteiger partial charge is 0.229 e. The van der Waals surface area contributed by atoms with Crippen LogP contribution in [0.2, 0.25) is 0 Å². The molecule has 3 aliphatic rings. The largest absolute Gasteiger partial charge is 0.378 e. The van der Waals surface area contributed by atoms with E-state index in [0.29, 0.717) is 26.1 Å². The highest BCUT2D eigenvalue weighted by atomic mass is 16.5. The molecule has 0 atom stereocenters. The summed E-state index contributed by atoms with van der Waals surface area (Å²) in [5.41, 5.74) is 0.615. The zero-order valence-corrected chi connectivity index (χ0v) is 16.9. The standard InChI is InChI=1S/C22H31N3O3/c1-28-22(7-2-8-22)16-19(26)24-14-9-21(10-15-24)6-3-13-25(20(21)27)17-18-4-11-23-12-5-18/h4-5,11-12H,2-3,6-10,13-17H2,1H3. The lowest BCUT2D eigenvalue weighted by atomic mass is 9.71. The molecule has 2 amide bonds. The summed E-state index contributed by atoms with van der Waals surface area (Å²) in [5, 5.41) is 0. The zero-order valence-electron chi connectivity index (χ0n) is 16.9. The van der Waals surface area contributed by atoms with E-state index in [-0.39, 0.29) is 22.8 Å². The van der Waals surface area contributed by atoms with Gasteiger partial charge in [-0.2, -0.15) is 0 Å². The number of pyridine rings is 1. The lowest BCUT2D eigenvalue weighted by Gasteiger charge is -2.47. The number of aromatic nitrogens is 1. The molecule has 1 spiro atoms. The van der Waals surface area contributed by atoms with E-state index in [4.69, 9.17) is 4.74 Å². The third kappa shape index (κ3) is 3.66. The first-order valence-electron chi connectivity index (χ1n) is 10.6. The van der Waals surface area contributed by atoms with Crippen LogP contribution in [0.4, 0.5) is 0 Å². The van der Waals surface area contributed by atoms with Crippen LogP contribution in [0.3, 0.4) is 0 Å². The zero-order chi connectivity index (χ0) is 19.6. The minimum absolute atomic E-state index is 0.188. The minimum Gasteiger partial charge on any atom is -0.378 e. The first-order chi connectivity index (χ1) is 13.6. The van der Waals surface area contributed by atoms with Crippen molar-refractivity contribution in [2.75, 3.05) is 26.7 Å². The fraction of sp³-hybridized carbons (Fsp3) is 0.682. The number of carbonyl (C=O) groups excluding carboxylic acids is 2. The molecule has 28 heavy (non-hydrogen) atoms. The van der Waals surface area contributed by atoms with Crippen LogP contribution in [0.15, 0.2) is 24.5 Å². The lowest BCUT2D eigenvalue weighted by molar-refractivity contribution is -0.156. The monoisotopic (exact) mass is 385 g/mol. The molecule has 6 nitrogen and oxygen atoms in total. The maximum absolute atomic E-state index is 13.3. The van der Waals surface area contributed by atoms with Gasteiger partial charge in [-0.15, -0.1) is 0 Å². The highest BCUT2D eigenvalue weighted by Crippen LogP contribution is 2.43. The third-order valence-corrected chi connectivity index (χ3v) is 7.19. The summed E-state index contributed by atoms with van der Waals surface area (Å²) in [5.74, 6) is 0.461. The molecule has 2 aliphatic heterocycles. The Kier molecular flexibility index (Phi) is 5.41. The summed E-state index contributed by atoms with van der Waals surface area (Å²) >= 11 is 0. The summed E-state index contributed by atoms with van der Waals surface area (Å²) in [6.45, 7) is 2.85. The van der Waals surface area contributed by atoms with Gasteiger partial charge in [0, 0.05) is 45.7 Å². The van der Waals surface area contributed by atoms with E-state index < -0.39 is 0 Å². The van der Waals surface area contributed by atoms with E-state index in [1.54, 1.807) is 19.5 Å². The van der Waals surface area contributed by atoms with Gasteiger partial charge in [-0.3, -0.25) is 14.6 Å². The number of likely N-dealkylation sites (tertiary alicyclic amines) is 2. The molecule has 0 N–H and O–H groups in total. The summed E-state index contributed by atoms with van der Waals surface area (Å²) < 4.78 is 5.62. The Bertz CT molecular complexity index is 703. The second-order valence-electron chi connectivity index (χ2n) is 8.76. The number of piperidine rings is 2. The summed E-state index contributed by atoms with van der Waals surface area (Å²) in [4.78, 5) is 34.1. The number of rotatable bonds is 5. The second kappa shape index (κ2) is 7.82. The molecular weight excluding hydrogens is 354 g/mol. The van der Waals surface area contributed by atoms with Crippen LogP contribution in [0.5, 0.6) is 0 Å². The first-order valence-corrected chi connectivity index (χ1v) is 10.6. The summed E-state index contributed by atoms with van der Waals surface area (Å²) in [6, 6.07) is 3.95. The number of ether oxygens (including phenoxy) is 1. The number of carbonyl (C=O) groups is 2. The SMILES string of the molecule is COC1(CC(=O)N2CCC3(CCCN(Cc4ccncc4)C3=O)CC2)CCC1. The van der Waals surface area contributed by atoms with Crippen LogP contribution >= 0.6 is 0 Å². The van der Waals surface area contributed by atoms with Crippen molar-refractivity contribution in [3.63, 3.8) is 0 Å². The van der Waals surface area contributed by atoms with Crippen molar-refractivity contribution in [2.24, 2.45) is 5.41 Å². The van der Waals surface area contributed by atoms with Crippen molar-refractivity contribution in [2.45, 2.75) is 63.5 Å². The molecule has 0 radical (unpaired) electrons. The molecule has 1 aromatic rings. The van der Waals surface area contributed by atoms with E-state index >= 15 is 0 Å².